The van der Waals surface area contributed by atoms with Crippen molar-refractivity contribution in [2.45, 2.75) is 14.7 Å². The summed E-state index contributed by atoms with van der Waals surface area (Å²) < 4.78 is 27.4. The normalized spacial score (nSPS) is 10.9. The van der Waals surface area contributed by atoms with Crippen molar-refractivity contribution >= 4 is 56.4 Å². The van der Waals surface area contributed by atoms with Crippen LogP contribution < -0.4 is 15.4 Å². The van der Waals surface area contributed by atoms with E-state index in [9.17, 15) is 8.42 Å². The Morgan fingerprint density at radius 3 is 2.18 bits per heavy atom. The number of nitrogens with one attached hydrogen (secondary N) is 3. The van der Waals surface area contributed by atoms with E-state index in [0.29, 0.717) is 10.8 Å². The molecule has 0 radical (unpaired) electrons. The Kier molecular flexibility index (Phi) is 7.18. The van der Waals surface area contributed by atoms with Gasteiger partial charge in [-0.25, -0.2) is 23.1 Å². The van der Waals surface area contributed by atoms with Gasteiger partial charge in [0.2, 0.25) is 5.95 Å². The van der Waals surface area contributed by atoms with Gasteiger partial charge in [-0.15, -0.1) is 0 Å². The zero-order valence-electron chi connectivity index (χ0n) is 17.2. The second-order valence-corrected chi connectivity index (χ2v) is 9.90. The first-order chi connectivity index (χ1) is 16.0. The summed E-state index contributed by atoms with van der Waals surface area (Å²) >= 11 is 7.09. The minimum absolute atomic E-state index is 0.0112. The maximum absolute atomic E-state index is 12.5. The van der Waals surface area contributed by atoms with Crippen molar-refractivity contribution in [3.8, 4) is 0 Å². The van der Waals surface area contributed by atoms with Gasteiger partial charge in [-0.1, -0.05) is 42.1 Å². The lowest BCUT2D eigenvalue weighted by Crippen LogP contribution is -2.19. The summed E-state index contributed by atoms with van der Waals surface area (Å²) in [6.07, 6.45) is 2.92. The number of aromatic nitrogens is 2. The first kappa shape index (κ1) is 22.7. The van der Waals surface area contributed by atoms with Crippen LogP contribution in [0.2, 0.25) is 0 Å². The van der Waals surface area contributed by atoms with Gasteiger partial charge in [0.25, 0.3) is 10.0 Å². The van der Waals surface area contributed by atoms with Crippen molar-refractivity contribution in [1.82, 2.24) is 9.97 Å². The first-order valence-corrected chi connectivity index (χ1v) is 12.5. The highest BCUT2D eigenvalue weighted by molar-refractivity contribution is 7.99. The Morgan fingerprint density at radius 1 is 0.788 bits per heavy atom. The molecule has 0 unspecified atom stereocenters. The lowest BCUT2D eigenvalue weighted by atomic mass is 10.3. The zero-order chi connectivity index (χ0) is 23.1. The molecule has 1 heterocycles. The molecule has 4 rings (SSSR count). The molecule has 3 aromatic carbocycles. The highest BCUT2D eigenvalue weighted by atomic mass is 32.2. The average molecular weight is 494 g/mol. The van der Waals surface area contributed by atoms with Crippen molar-refractivity contribution in [1.29, 1.82) is 0 Å². The Hall–Kier alpha value is -3.47. The van der Waals surface area contributed by atoms with Gasteiger partial charge in [-0.05, 0) is 66.8 Å². The molecular weight excluding hydrogens is 474 g/mol. The molecule has 166 valence electrons. The highest BCUT2D eigenvalue weighted by Gasteiger charge is 2.15. The van der Waals surface area contributed by atoms with E-state index in [2.05, 4.69) is 25.3 Å². The van der Waals surface area contributed by atoms with Crippen molar-refractivity contribution < 1.29 is 8.42 Å². The first-order valence-electron chi connectivity index (χ1n) is 9.79. The predicted molar refractivity (Wildman–Crippen MR) is 136 cm³/mol. The van der Waals surface area contributed by atoms with Crippen LogP contribution in [-0.2, 0) is 10.0 Å². The maximum atomic E-state index is 12.5. The molecule has 0 atom stereocenters. The fraction of sp³-hybridized carbons (Fsp3) is 0. The van der Waals surface area contributed by atoms with Gasteiger partial charge < -0.3 is 10.6 Å². The van der Waals surface area contributed by atoms with Gasteiger partial charge in [0.15, 0.2) is 5.11 Å². The lowest BCUT2D eigenvalue weighted by molar-refractivity contribution is 0.601. The van der Waals surface area contributed by atoms with Crippen LogP contribution in [0.3, 0.4) is 0 Å². The molecule has 0 spiro atoms. The molecule has 0 aliphatic heterocycles. The molecule has 3 N–H and O–H groups in total. The monoisotopic (exact) mass is 493 g/mol. The molecule has 0 aliphatic carbocycles. The van der Waals surface area contributed by atoms with Crippen LogP contribution in [0.4, 0.5) is 17.3 Å². The van der Waals surface area contributed by atoms with Crippen molar-refractivity contribution in [3.05, 3.63) is 97.3 Å². The second kappa shape index (κ2) is 10.4. The number of anilines is 3. The number of para-hydroxylation sites is 1. The lowest BCUT2D eigenvalue weighted by Gasteiger charge is -2.14. The second-order valence-electron chi connectivity index (χ2n) is 6.69. The summed E-state index contributed by atoms with van der Waals surface area (Å²) in [5.74, 6) is 0.0112. The van der Waals surface area contributed by atoms with Crippen LogP contribution >= 0.6 is 24.0 Å². The number of sulfonamides is 1. The molecule has 0 aliphatic rings. The van der Waals surface area contributed by atoms with E-state index in [4.69, 9.17) is 12.2 Å². The van der Waals surface area contributed by atoms with Crippen LogP contribution in [0, 0.1) is 0 Å². The fourth-order valence-corrected chi connectivity index (χ4v) is 4.92. The Morgan fingerprint density at radius 2 is 1.45 bits per heavy atom. The van der Waals surface area contributed by atoms with E-state index < -0.39 is 10.0 Å². The largest absolute Gasteiger partial charge is 0.332 e. The SMILES string of the molecule is O=S(=O)(Nc1ncccn1)c1ccc(NC(=S)Nc2ccccc2Sc2ccccc2)cc1. The van der Waals surface area contributed by atoms with E-state index >= 15 is 0 Å². The third-order valence-corrected chi connectivity index (χ3v) is 6.95. The van der Waals surface area contributed by atoms with Crippen LogP contribution in [0.5, 0.6) is 0 Å². The average Bonchev–Trinajstić information content (AvgIpc) is 2.82. The van der Waals surface area contributed by atoms with Gasteiger partial charge in [0, 0.05) is 27.9 Å². The highest BCUT2D eigenvalue weighted by Crippen LogP contribution is 2.33. The van der Waals surface area contributed by atoms with Crippen LogP contribution in [0.25, 0.3) is 0 Å². The summed E-state index contributed by atoms with van der Waals surface area (Å²) in [5.41, 5.74) is 1.52. The van der Waals surface area contributed by atoms with Crippen molar-refractivity contribution in [2.75, 3.05) is 15.4 Å². The van der Waals surface area contributed by atoms with Crippen molar-refractivity contribution in [2.24, 2.45) is 0 Å². The summed E-state index contributed by atoms with van der Waals surface area (Å²) in [4.78, 5) is 10.00. The standard InChI is InChI=1S/C23H19N5O2S3/c29-33(30,28-22-24-15-6-16-25-22)19-13-11-17(12-14-19)26-23(31)27-20-9-4-5-10-21(20)32-18-7-2-1-3-8-18/h1-16H,(H,24,25,28)(H2,26,27,31). The van der Waals surface area contributed by atoms with E-state index in [1.165, 1.54) is 24.5 Å². The van der Waals surface area contributed by atoms with Gasteiger partial charge in [-0.2, -0.15) is 0 Å². The summed E-state index contributed by atoms with van der Waals surface area (Å²) in [6.45, 7) is 0. The molecule has 10 heteroatoms. The van der Waals surface area contributed by atoms with E-state index in [1.807, 2.05) is 54.6 Å². The summed E-state index contributed by atoms with van der Waals surface area (Å²) in [5, 5.41) is 6.68. The third-order valence-electron chi connectivity index (χ3n) is 4.32. The number of rotatable bonds is 7. The smallest absolute Gasteiger partial charge is 0.264 e. The fourth-order valence-electron chi connectivity index (χ4n) is 2.81. The summed E-state index contributed by atoms with van der Waals surface area (Å²) in [7, 11) is -3.80. The Bertz CT molecular complexity index is 1330. The maximum Gasteiger partial charge on any atom is 0.264 e. The van der Waals surface area contributed by atoms with Gasteiger partial charge >= 0.3 is 0 Å². The van der Waals surface area contributed by atoms with Crippen LogP contribution in [0.15, 0.2) is 112 Å². The molecule has 7 nitrogen and oxygen atoms in total. The molecule has 0 amide bonds. The molecule has 4 aromatic rings. The van der Waals surface area contributed by atoms with Crippen molar-refractivity contribution in [3.63, 3.8) is 0 Å². The number of thiocarbonyl (C=S) groups is 1. The van der Waals surface area contributed by atoms with E-state index in [0.717, 1.165) is 15.5 Å². The molecule has 1 aromatic heterocycles. The van der Waals surface area contributed by atoms with Gasteiger partial charge in [-0.3, -0.25) is 0 Å². The topological polar surface area (TPSA) is 96.0 Å². The molecule has 0 saturated carbocycles. The van der Waals surface area contributed by atoms with Crippen LogP contribution in [-0.4, -0.2) is 23.5 Å². The minimum atomic E-state index is -3.80. The van der Waals surface area contributed by atoms with Gasteiger partial charge in [0.05, 0.1) is 10.6 Å². The molecular formula is C23H19N5O2S3. The predicted octanol–water partition coefficient (Wildman–Crippen LogP) is 5.24. The summed E-state index contributed by atoms with van der Waals surface area (Å²) in [6, 6.07) is 25.8. The third kappa shape index (κ3) is 6.28. The Labute approximate surface area is 201 Å². The van der Waals surface area contributed by atoms with Crippen LogP contribution in [0.1, 0.15) is 0 Å². The number of hydrogen-bond donors (Lipinski definition) is 3. The number of benzene rings is 3. The minimum Gasteiger partial charge on any atom is -0.332 e. The number of nitrogens with zero attached hydrogens (tertiary/aromatic N) is 2. The molecule has 0 fully saturated rings. The molecule has 33 heavy (non-hydrogen) atoms. The van der Waals surface area contributed by atoms with E-state index in [-0.39, 0.29) is 10.8 Å². The Balaban J connectivity index is 1.41. The number of hydrogen-bond acceptors (Lipinski definition) is 6. The molecule has 0 saturated heterocycles. The van der Waals surface area contributed by atoms with Gasteiger partial charge in [0.1, 0.15) is 0 Å². The zero-order valence-corrected chi connectivity index (χ0v) is 19.6. The molecule has 0 bridgehead atoms. The van der Waals surface area contributed by atoms with E-state index in [1.54, 1.807) is 30.0 Å². The quantitative estimate of drug-likeness (QED) is 0.301.